The summed E-state index contributed by atoms with van der Waals surface area (Å²) >= 11 is 0. The van der Waals surface area contributed by atoms with Gasteiger partial charge in [0, 0.05) is 30.5 Å². The molecule has 0 bridgehead atoms. The first kappa shape index (κ1) is 21.6. The molecule has 1 aliphatic rings. The monoisotopic (exact) mass is 450 g/mol. The highest BCUT2D eigenvalue weighted by molar-refractivity contribution is 5.70. The number of benzene rings is 2. The zero-order valence-electron chi connectivity index (χ0n) is 19.3. The molecule has 8 heteroatoms. The summed E-state index contributed by atoms with van der Waals surface area (Å²) in [5.74, 6) is 1.87. The second-order valence-corrected chi connectivity index (χ2v) is 8.71. The van der Waals surface area contributed by atoms with Crippen LogP contribution in [0.1, 0.15) is 31.2 Å². The molecule has 34 heavy (non-hydrogen) atoms. The molecule has 1 fully saturated rings. The molecule has 5 rings (SSSR count). The second-order valence-electron chi connectivity index (χ2n) is 8.71. The van der Waals surface area contributed by atoms with Gasteiger partial charge in [-0.1, -0.05) is 13.0 Å². The lowest BCUT2D eigenvalue weighted by molar-refractivity contribution is 0.446. The highest BCUT2D eigenvalue weighted by Crippen LogP contribution is 2.30. The Balaban J connectivity index is 1.35. The van der Waals surface area contributed by atoms with Crippen molar-refractivity contribution in [3.05, 3.63) is 72.4 Å². The van der Waals surface area contributed by atoms with E-state index in [-0.39, 0.29) is 0 Å². The van der Waals surface area contributed by atoms with Gasteiger partial charge in [0.2, 0.25) is 5.95 Å². The number of piperidine rings is 1. The molecule has 3 heterocycles. The van der Waals surface area contributed by atoms with Crippen molar-refractivity contribution in [1.29, 1.82) is 5.26 Å². The molecule has 1 aliphatic heterocycles. The molecule has 0 saturated carbocycles. The van der Waals surface area contributed by atoms with E-state index in [4.69, 9.17) is 0 Å². The minimum atomic E-state index is 0.495. The first-order chi connectivity index (χ1) is 16.6. The lowest BCUT2D eigenvalue weighted by Crippen LogP contribution is -2.34. The van der Waals surface area contributed by atoms with E-state index in [1.54, 1.807) is 17.2 Å². The molecule has 2 aromatic heterocycles. The van der Waals surface area contributed by atoms with Gasteiger partial charge < -0.3 is 10.2 Å². The van der Waals surface area contributed by atoms with Crippen molar-refractivity contribution in [2.24, 2.45) is 5.92 Å². The molecule has 0 spiro atoms. The molecular weight excluding hydrogens is 424 g/mol. The van der Waals surface area contributed by atoms with Crippen LogP contribution in [0.25, 0.3) is 16.9 Å². The van der Waals surface area contributed by atoms with Gasteiger partial charge in [0.05, 0.1) is 22.6 Å². The van der Waals surface area contributed by atoms with Gasteiger partial charge in [0.15, 0.2) is 0 Å². The molecule has 170 valence electrons. The van der Waals surface area contributed by atoms with E-state index >= 15 is 0 Å². The molecular formula is C26H26N8. The van der Waals surface area contributed by atoms with Gasteiger partial charge >= 0.3 is 0 Å². The Morgan fingerprint density at radius 1 is 1.09 bits per heavy atom. The van der Waals surface area contributed by atoms with Crippen LogP contribution in [0.15, 0.2) is 61.1 Å². The van der Waals surface area contributed by atoms with E-state index < -0.39 is 0 Å². The van der Waals surface area contributed by atoms with Crippen LogP contribution in [0, 0.1) is 24.2 Å². The van der Waals surface area contributed by atoms with Crippen molar-refractivity contribution in [2.45, 2.75) is 26.7 Å². The molecule has 1 atom stereocenters. The predicted octanol–water partition coefficient (Wildman–Crippen LogP) is 4.88. The molecule has 0 amide bonds. The van der Waals surface area contributed by atoms with Crippen molar-refractivity contribution in [1.82, 2.24) is 24.7 Å². The normalized spacial score (nSPS) is 15.7. The Labute approximate surface area is 198 Å². The Bertz CT molecular complexity index is 1340. The maximum Gasteiger partial charge on any atom is 0.227 e. The molecule has 8 nitrogen and oxygen atoms in total. The highest BCUT2D eigenvalue weighted by atomic mass is 15.3. The van der Waals surface area contributed by atoms with E-state index in [1.807, 2.05) is 55.5 Å². The molecule has 1 unspecified atom stereocenters. The van der Waals surface area contributed by atoms with E-state index in [0.29, 0.717) is 17.4 Å². The first-order valence-corrected chi connectivity index (χ1v) is 11.5. The summed E-state index contributed by atoms with van der Waals surface area (Å²) in [6.07, 6.45) is 5.82. The summed E-state index contributed by atoms with van der Waals surface area (Å²) in [4.78, 5) is 15.5. The van der Waals surface area contributed by atoms with Crippen LogP contribution in [-0.4, -0.2) is 37.8 Å². The Hall–Kier alpha value is -4.25. The van der Waals surface area contributed by atoms with Crippen molar-refractivity contribution in [3.8, 4) is 23.0 Å². The van der Waals surface area contributed by atoms with E-state index in [2.05, 4.69) is 43.3 Å². The minimum absolute atomic E-state index is 0.495. The largest absolute Gasteiger partial charge is 0.370 e. The van der Waals surface area contributed by atoms with E-state index in [9.17, 15) is 5.26 Å². The van der Waals surface area contributed by atoms with Gasteiger partial charge in [-0.3, -0.25) is 0 Å². The topological polar surface area (TPSA) is 95.6 Å². The number of anilines is 3. The standard InChI is InChI=1S/C26H26N8/c1-18-4-3-13-33(16-18)25-10-5-20(14-21(25)15-27)24-11-12-28-26(31-24)30-22-6-8-23(9-7-22)34-17-29-19(2)32-34/h5-12,14,17-18H,3-4,13,16H2,1-2H3,(H,28,30,31). The van der Waals surface area contributed by atoms with Crippen LogP contribution in [0.5, 0.6) is 0 Å². The number of aryl methyl sites for hydroxylation is 1. The molecule has 4 aromatic rings. The summed E-state index contributed by atoms with van der Waals surface area (Å²) < 4.78 is 1.73. The third-order valence-electron chi connectivity index (χ3n) is 6.06. The fourth-order valence-electron chi connectivity index (χ4n) is 4.35. The Morgan fingerprint density at radius 2 is 1.94 bits per heavy atom. The average Bonchev–Trinajstić information content (AvgIpc) is 3.30. The van der Waals surface area contributed by atoms with Crippen LogP contribution < -0.4 is 10.2 Å². The van der Waals surface area contributed by atoms with Gasteiger partial charge in [0.1, 0.15) is 18.2 Å². The third kappa shape index (κ3) is 4.59. The van der Waals surface area contributed by atoms with Gasteiger partial charge in [-0.15, -0.1) is 0 Å². The smallest absolute Gasteiger partial charge is 0.227 e. The number of nitriles is 1. The number of rotatable bonds is 5. The molecule has 0 radical (unpaired) electrons. The fraction of sp³-hybridized carbons (Fsp3) is 0.269. The zero-order valence-corrected chi connectivity index (χ0v) is 19.3. The number of aromatic nitrogens is 5. The number of hydrogen-bond donors (Lipinski definition) is 1. The summed E-state index contributed by atoms with van der Waals surface area (Å²) in [6.45, 7) is 6.11. The number of nitrogens with one attached hydrogen (secondary N) is 1. The SMILES string of the molecule is Cc1ncn(-c2ccc(Nc3nccc(-c4ccc(N5CCCC(C)C5)c(C#N)c4)n3)cc2)n1. The van der Waals surface area contributed by atoms with Crippen LogP contribution in [-0.2, 0) is 0 Å². The average molecular weight is 451 g/mol. The third-order valence-corrected chi connectivity index (χ3v) is 6.06. The minimum Gasteiger partial charge on any atom is -0.370 e. The van der Waals surface area contributed by atoms with Crippen molar-refractivity contribution in [2.75, 3.05) is 23.3 Å². The molecule has 1 saturated heterocycles. The Kier molecular flexibility index (Phi) is 5.91. The van der Waals surface area contributed by atoms with Crippen molar-refractivity contribution < 1.29 is 0 Å². The lowest BCUT2D eigenvalue weighted by atomic mass is 9.98. The second kappa shape index (κ2) is 9.32. The van der Waals surface area contributed by atoms with Gasteiger partial charge in [-0.05, 0) is 68.1 Å². The summed E-state index contributed by atoms with van der Waals surface area (Å²) in [7, 11) is 0. The maximum absolute atomic E-state index is 9.81. The summed E-state index contributed by atoms with van der Waals surface area (Å²) in [5.41, 5.74) is 5.14. The quantitative estimate of drug-likeness (QED) is 0.463. The molecule has 1 N–H and O–H groups in total. The molecule has 0 aliphatic carbocycles. The number of nitrogens with zero attached hydrogens (tertiary/aromatic N) is 7. The van der Waals surface area contributed by atoms with Crippen LogP contribution in [0.3, 0.4) is 0 Å². The zero-order chi connectivity index (χ0) is 23.5. The van der Waals surface area contributed by atoms with Gasteiger partial charge in [-0.2, -0.15) is 10.4 Å². The first-order valence-electron chi connectivity index (χ1n) is 11.5. The van der Waals surface area contributed by atoms with Gasteiger partial charge in [0.25, 0.3) is 0 Å². The predicted molar refractivity (Wildman–Crippen MR) is 132 cm³/mol. The van der Waals surface area contributed by atoms with Crippen molar-refractivity contribution in [3.63, 3.8) is 0 Å². The summed E-state index contributed by atoms with van der Waals surface area (Å²) in [5, 5.41) is 17.4. The van der Waals surface area contributed by atoms with E-state index in [0.717, 1.165) is 53.7 Å². The van der Waals surface area contributed by atoms with Crippen molar-refractivity contribution >= 4 is 17.3 Å². The summed E-state index contributed by atoms with van der Waals surface area (Å²) in [6, 6.07) is 18.1. The lowest BCUT2D eigenvalue weighted by Gasteiger charge is -2.33. The van der Waals surface area contributed by atoms with Crippen LogP contribution >= 0.6 is 0 Å². The fourth-order valence-corrected chi connectivity index (χ4v) is 4.35. The number of hydrogen-bond acceptors (Lipinski definition) is 7. The van der Waals surface area contributed by atoms with E-state index in [1.165, 1.54) is 6.42 Å². The van der Waals surface area contributed by atoms with Gasteiger partial charge in [-0.25, -0.2) is 19.6 Å². The van der Waals surface area contributed by atoms with Crippen LogP contribution in [0.2, 0.25) is 0 Å². The Morgan fingerprint density at radius 3 is 2.68 bits per heavy atom. The molecule has 2 aromatic carbocycles. The van der Waals surface area contributed by atoms with Crippen LogP contribution in [0.4, 0.5) is 17.3 Å². The highest BCUT2D eigenvalue weighted by Gasteiger charge is 2.19. The maximum atomic E-state index is 9.81.